The first kappa shape index (κ1) is 13.0. The average molecular weight is 236 g/mol. The third-order valence-electron chi connectivity index (χ3n) is 2.55. The van der Waals surface area contributed by atoms with Gasteiger partial charge >= 0.3 is 6.18 Å². The van der Waals surface area contributed by atoms with E-state index in [9.17, 15) is 13.2 Å². The molecule has 0 fully saturated rings. The molecule has 1 heterocycles. The summed E-state index contributed by atoms with van der Waals surface area (Å²) in [6.07, 6.45) is -4.44. The molecule has 0 saturated carbocycles. The summed E-state index contributed by atoms with van der Waals surface area (Å²) in [4.78, 5) is 1.97. The molecule has 0 amide bonds. The lowest BCUT2D eigenvalue weighted by Gasteiger charge is -2.15. The minimum Gasteiger partial charge on any atom is -0.359 e. The van der Waals surface area contributed by atoms with Crippen LogP contribution in [0.3, 0.4) is 0 Å². The van der Waals surface area contributed by atoms with Crippen molar-refractivity contribution < 1.29 is 17.7 Å². The van der Waals surface area contributed by atoms with Crippen LogP contribution in [-0.2, 0) is 12.7 Å². The molecular weight excluding hydrogens is 221 g/mol. The van der Waals surface area contributed by atoms with Crippen molar-refractivity contribution in [3.05, 3.63) is 17.0 Å². The quantitative estimate of drug-likeness (QED) is 0.805. The van der Waals surface area contributed by atoms with E-state index in [1.165, 1.54) is 6.92 Å². The number of hydrogen-bond donors (Lipinski definition) is 0. The Kier molecular flexibility index (Phi) is 3.96. The summed E-state index contributed by atoms with van der Waals surface area (Å²) in [6.45, 7) is 7.16. The van der Waals surface area contributed by atoms with Crippen molar-refractivity contribution in [3.63, 3.8) is 0 Å². The van der Waals surface area contributed by atoms with Crippen LogP contribution in [0.2, 0.25) is 0 Å². The molecule has 0 aliphatic rings. The minimum atomic E-state index is -4.44. The van der Waals surface area contributed by atoms with Gasteiger partial charge in [-0.25, -0.2) is 0 Å². The Hall–Kier alpha value is -1.04. The van der Waals surface area contributed by atoms with E-state index >= 15 is 0 Å². The fraction of sp³-hybridized carbons (Fsp3) is 0.700. The Morgan fingerprint density at radius 2 is 1.81 bits per heavy atom. The monoisotopic (exact) mass is 236 g/mol. The average Bonchev–Trinajstić information content (AvgIpc) is 2.56. The molecule has 0 unspecified atom stereocenters. The van der Waals surface area contributed by atoms with Gasteiger partial charge in [0.15, 0.2) is 11.5 Å². The van der Waals surface area contributed by atoms with Crippen molar-refractivity contribution >= 4 is 0 Å². The smallest absolute Gasteiger partial charge is 0.359 e. The van der Waals surface area contributed by atoms with Gasteiger partial charge in [-0.2, -0.15) is 13.2 Å². The molecule has 1 aromatic heterocycles. The fourth-order valence-electron chi connectivity index (χ4n) is 1.43. The largest absolute Gasteiger partial charge is 0.437 e. The zero-order valence-corrected chi connectivity index (χ0v) is 9.56. The highest BCUT2D eigenvalue weighted by Crippen LogP contribution is 2.32. The number of aromatic nitrogens is 1. The molecule has 0 spiro atoms. The molecule has 0 aromatic carbocycles. The third-order valence-corrected chi connectivity index (χ3v) is 2.55. The van der Waals surface area contributed by atoms with Crippen LogP contribution in [0.1, 0.15) is 30.9 Å². The number of hydrogen-bond acceptors (Lipinski definition) is 3. The Labute approximate surface area is 92.2 Å². The molecule has 0 aliphatic carbocycles. The van der Waals surface area contributed by atoms with Gasteiger partial charge in [0.25, 0.3) is 0 Å². The molecule has 0 saturated heterocycles. The summed E-state index contributed by atoms with van der Waals surface area (Å²) in [5, 5.41) is 3.08. The van der Waals surface area contributed by atoms with Gasteiger partial charge in [0.2, 0.25) is 0 Å². The maximum Gasteiger partial charge on any atom is 0.437 e. The number of nitrogens with zero attached hydrogens (tertiary/aromatic N) is 2. The summed E-state index contributed by atoms with van der Waals surface area (Å²) in [6, 6.07) is 0. The first-order valence-electron chi connectivity index (χ1n) is 5.14. The molecular formula is C10H15F3N2O. The van der Waals surface area contributed by atoms with Gasteiger partial charge in [-0.3, -0.25) is 4.90 Å². The van der Waals surface area contributed by atoms with Crippen LogP contribution in [-0.4, -0.2) is 23.1 Å². The van der Waals surface area contributed by atoms with Crippen LogP contribution in [0, 0.1) is 6.92 Å². The molecule has 6 heteroatoms. The first-order valence-corrected chi connectivity index (χ1v) is 5.14. The molecule has 0 N–H and O–H groups in total. The van der Waals surface area contributed by atoms with E-state index in [1.54, 1.807) is 0 Å². The topological polar surface area (TPSA) is 29.3 Å². The zero-order chi connectivity index (χ0) is 12.3. The highest BCUT2D eigenvalue weighted by Gasteiger charge is 2.37. The number of halogens is 3. The van der Waals surface area contributed by atoms with Gasteiger partial charge in [-0.15, -0.1) is 0 Å². The molecule has 1 aromatic rings. The number of rotatable bonds is 4. The Morgan fingerprint density at radius 1 is 1.25 bits per heavy atom. The maximum absolute atomic E-state index is 12.4. The second-order valence-corrected chi connectivity index (χ2v) is 3.54. The lowest BCUT2D eigenvalue weighted by Crippen LogP contribution is -2.22. The third kappa shape index (κ3) is 2.75. The van der Waals surface area contributed by atoms with Crippen molar-refractivity contribution in [1.29, 1.82) is 0 Å². The van der Waals surface area contributed by atoms with E-state index in [4.69, 9.17) is 4.52 Å². The van der Waals surface area contributed by atoms with Gasteiger partial charge in [-0.1, -0.05) is 19.0 Å². The Balaban J connectivity index is 2.88. The zero-order valence-electron chi connectivity index (χ0n) is 9.56. The summed E-state index contributed by atoms with van der Waals surface area (Å²) in [5.74, 6) is 0.288. The Bertz CT molecular complexity index is 342. The highest BCUT2D eigenvalue weighted by molar-refractivity contribution is 5.23. The SMILES string of the molecule is CCN(CC)Cc1onc(C(F)(F)F)c1C. The van der Waals surface area contributed by atoms with Crippen LogP contribution < -0.4 is 0 Å². The second-order valence-electron chi connectivity index (χ2n) is 3.54. The fourth-order valence-corrected chi connectivity index (χ4v) is 1.43. The lowest BCUT2D eigenvalue weighted by molar-refractivity contribution is -0.143. The first-order chi connectivity index (χ1) is 7.40. The standard InChI is InChI=1S/C10H15F3N2O/c1-4-15(5-2)6-8-7(3)9(14-16-8)10(11,12)13/h4-6H2,1-3H3. The molecule has 3 nitrogen and oxygen atoms in total. The van der Waals surface area contributed by atoms with Crippen molar-refractivity contribution in [2.24, 2.45) is 0 Å². The highest BCUT2D eigenvalue weighted by atomic mass is 19.4. The van der Waals surface area contributed by atoms with Gasteiger partial charge in [0.05, 0.1) is 6.54 Å². The van der Waals surface area contributed by atoms with Crippen LogP contribution in [0.25, 0.3) is 0 Å². The molecule has 16 heavy (non-hydrogen) atoms. The minimum absolute atomic E-state index is 0.0828. The summed E-state index contributed by atoms with van der Waals surface area (Å²) in [5.41, 5.74) is -0.839. The van der Waals surface area contributed by atoms with E-state index in [0.717, 1.165) is 13.1 Å². The normalized spacial score (nSPS) is 12.4. The Morgan fingerprint density at radius 3 is 2.19 bits per heavy atom. The van der Waals surface area contributed by atoms with E-state index in [0.29, 0.717) is 6.54 Å². The molecule has 0 bridgehead atoms. The van der Waals surface area contributed by atoms with Crippen molar-refractivity contribution in [3.8, 4) is 0 Å². The maximum atomic E-state index is 12.4. The summed E-state index contributed by atoms with van der Waals surface area (Å²) in [7, 11) is 0. The summed E-state index contributed by atoms with van der Waals surface area (Å²) < 4.78 is 42.0. The van der Waals surface area contributed by atoms with E-state index in [1.807, 2.05) is 18.7 Å². The van der Waals surface area contributed by atoms with Crippen LogP contribution in [0.5, 0.6) is 0 Å². The lowest BCUT2D eigenvalue weighted by atomic mass is 10.2. The molecule has 0 atom stereocenters. The van der Waals surface area contributed by atoms with E-state index in [-0.39, 0.29) is 11.3 Å². The van der Waals surface area contributed by atoms with E-state index in [2.05, 4.69) is 5.16 Å². The van der Waals surface area contributed by atoms with Gasteiger partial charge in [0, 0.05) is 5.56 Å². The van der Waals surface area contributed by atoms with E-state index < -0.39 is 11.9 Å². The van der Waals surface area contributed by atoms with Gasteiger partial charge in [-0.05, 0) is 20.0 Å². The number of alkyl halides is 3. The molecule has 92 valence electrons. The second kappa shape index (κ2) is 4.86. The predicted octanol–water partition coefficient (Wildman–Crippen LogP) is 2.84. The van der Waals surface area contributed by atoms with Gasteiger partial charge in [0.1, 0.15) is 0 Å². The summed E-state index contributed by atoms with van der Waals surface area (Å²) >= 11 is 0. The van der Waals surface area contributed by atoms with Crippen molar-refractivity contribution in [2.75, 3.05) is 13.1 Å². The van der Waals surface area contributed by atoms with Crippen LogP contribution in [0.4, 0.5) is 13.2 Å². The molecule has 1 rings (SSSR count). The predicted molar refractivity (Wildman–Crippen MR) is 52.9 cm³/mol. The van der Waals surface area contributed by atoms with Crippen molar-refractivity contribution in [1.82, 2.24) is 10.1 Å². The molecule has 0 radical (unpaired) electrons. The molecule has 0 aliphatic heterocycles. The van der Waals surface area contributed by atoms with Crippen LogP contribution in [0.15, 0.2) is 4.52 Å². The van der Waals surface area contributed by atoms with Crippen molar-refractivity contribution in [2.45, 2.75) is 33.5 Å². The van der Waals surface area contributed by atoms with Crippen LogP contribution >= 0.6 is 0 Å². The van der Waals surface area contributed by atoms with Gasteiger partial charge < -0.3 is 4.52 Å².